The van der Waals surface area contributed by atoms with Crippen LogP contribution in [0.5, 0.6) is 28.9 Å². The summed E-state index contributed by atoms with van der Waals surface area (Å²) in [6, 6.07) is 9.86. The Kier molecular flexibility index (Phi) is 31.1. The van der Waals surface area contributed by atoms with E-state index < -0.39 is 171 Å². The van der Waals surface area contributed by atoms with Gasteiger partial charge in [0.1, 0.15) is 63.6 Å². The van der Waals surface area contributed by atoms with Crippen molar-refractivity contribution in [3.8, 4) is 28.9 Å². The van der Waals surface area contributed by atoms with Crippen molar-refractivity contribution >= 4 is 80.2 Å². The number of nitrogens with two attached hydrogens (primary N) is 2. The standard InChI is InChI=1S/C28H34F5N3O6.C16H29NO5.C12H6ClF5N2O.C12H7F5N2O2.C7H7F3N2O/c1-9-16-19(14-36(24(38)42-26(6,7)8)20(16)23(37)41-25(3,4)5)39-22-21(27(29,30)10-2)34-17-12-11-15(13-18(17)35-22)40-28(31,32)33;1-8-10-11(18)9-17(14(20)22-16(5,6)7)12(10)13(19)21-15(2,3)4;1-2-11(14,15)9-10(13)20-8-5-6(21-12(16,17)18)3-4-7(8)19-9;1-2-11(13,14)9-10(20)19-8-5-6(21-12(15,16)17)3-4-7(8)18-9;8-7(9,10)13-4-1-2-5(11)6(12)3-4/h10-13,16,19-20H,2,9,14H2,1,3-8H3;10-12,18H,8-9H2,1-7H3;2-5H,1H2;2-5H,1H2,(H,19,20);1-3H,11-12H2/t16-,19+,20+;10-,11+,12+;;;/m11.../s1. The zero-order valence-electron chi connectivity index (χ0n) is 65.7. The minimum Gasteiger partial charge on any atom is -0.471 e. The molecule has 0 spiro atoms. The lowest BCUT2D eigenvalue weighted by Gasteiger charge is -2.31. The number of carbonyl (C=O) groups excluding carboxylic acids is 4. The molecule has 6 N–H and O–H groups in total. The third kappa shape index (κ3) is 29.5. The highest BCUT2D eigenvalue weighted by Gasteiger charge is 2.53. The number of ether oxygens (including phenoxy) is 9. The van der Waals surface area contributed by atoms with Crippen LogP contribution in [0.15, 0.2) is 116 Å². The number of amides is 2. The number of nitrogens with zero attached hydrogens (tertiary/aromatic N) is 7. The largest absolute Gasteiger partial charge is 0.573 e. The van der Waals surface area contributed by atoms with Crippen LogP contribution in [-0.4, -0.2) is 154 Å². The predicted octanol–water partition coefficient (Wildman–Crippen LogP) is 18.2. The second kappa shape index (κ2) is 37.5. The van der Waals surface area contributed by atoms with Crippen molar-refractivity contribution < 1.29 is 146 Å². The third-order valence-corrected chi connectivity index (χ3v) is 15.8. The van der Waals surface area contributed by atoms with Crippen LogP contribution in [0.25, 0.3) is 33.1 Å². The smallest absolute Gasteiger partial charge is 0.471 e. The molecule has 2 aliphatic rings. The SMILES string of the molecule is C=CC(F)(F)c1nc2ccc(OC(F)(F)F)cc2[nH]c1=O.C=CC(F)(F)c1nc2ccc(OC(F)(F)F)cc2nc1Cl.C=CC(F)(F)c1nc2ccc(OC(F)(F)F)cc2nc1O[C@H]1CN(C(=O)OC(C)(C)C)[C@H](C(=O)OC(C)(C)C)[C@@H]1CC.CC[C@H]1[C@@H](C(=O)OC(C)(C)C)N(C(=O)OC(C)(C)C)C[C@@H]1O.Nc1ccc(OC(F)(F)F)cc1N. The van der Waals surface area contributed by atoms with Gasteiger partial charge in [0.05, 0.1) is 63.7 Å². The van der Waals surface area contributed by atoms with E-state index in [1.165, 1.54) is 11.0 Å². The second-order valence-electron chi connectivity index (χ2n) is 29.7. The molecule has 656 valence electrons. The van der Waals surface area contributed by atoms with Crippen molar-refractivity contribution in [1.29, 1.82) is 0 Å². The number of aromatic amines is 1. The van der Waals surface area contributed by atoms with Gasteiger partial charge in [0, 0.05) is 36.1 Å². The summed E-state index contributed by atoms with van der Waals surface area (Å²) in [5.41, 5.74) is 2.79. The maximum absolute atomic E-state index is 15.0. The van der Waals surface area contributed by atoms with Crippen LogP contribution < -0.4 is 40.7 Å². The number of aliphatic hydroxyl groups is 1. The normalized spacial score (nSPS) is 17.5. The maximum atomic E-state index is 15.0. The quantitative estimate of drug-likeness (QED) is 0.0230. The number of rotatable bonds is 16. The van der Waals surface area contributed by atoms with Gasteiger partial charge >= 0.3 is 67.3 Å². The zero-order valence-corrected chi connectivity index (χ0v) is 66.5. The van der Waals surface area contributed by atoms with Gasteiger partial charge in [-0.25, -0.2) is 44.1 Å². The van der Waals surface area contributed by atoms with Gasteiger partial charge in [0.25, 0.3) is 5.56 Å². The molecule has 2 amide bonds. The molecule has 0 unspecified atom stereocenters. The summed E-state index contributed by atoms with van der Waals surface area (Å²) in [5, 5.41) is 9.54. The molecular weight excluding hydrogens is 1660 g/mol. The van der Waals surface area contributed by atoms with E-state index in [1.54, 1.807) is 90.0 Å². The topological polar surface area (TPSA) is 327 Å². The summed E-state index contributed by atoms with van der Waals surface area (Å²) in [7, 11) is 0. The van der Waals surface area contributed by atoms with E-state index in [9.17, 15) is 108 Å². The van der Waals surface area contributed by atoms with E-state index in [2.05, 4.69) is 63.6 Å². The van der Waals surface area contributed by atoms with Crippen LogP contribution in [-0.2, 0) is 46.3 Å². The summed E-state index contributed by atoms with van der Waals surface area (Å²) < 4.78 is 272. The van der Waals surface area contributed by atoms with Gasteiger partial charge < -0.3 is 64.2 Å². The third-order valence-electron chi connectivity index (χ3n) is 15.5. The Balaban J connectivity index is 0.000000281. The molecule has 2 aliphatic heterocycles. The number of hydrogen-bond acceptors (Lipinski definition) is 22. The number of allylic oxidation sites excluding steroid dienone is 3. The molecule has 0 bridgehead atoms. The summed E-state index contributed by atoms with van der Waals surface area (Å²) in [5.74, 6) is -16.2. The lowest BCUT2D eigenvalue weighted by molar-refractivity contribution is -0.275. The van der Waals surface area contributed by atoms with Gasteiger partial charge in [-0.1, -0.05) is 45.2 Å². The van der Waals surface area contributed by atoms with Crippen LogP contribution >= 0.6 is 11.6 Å². The van der Waals surface area contributed by atoms with Gasteiger partial charge in [-0.2, -0.15) is 26.3 Å². The van der Waals surface area contributed by atoms with Crippen LogP contribution in [0.2, 0.25) is 5.15 Å². The van der Waals surface area contributed by atoms with Gasteiger partial charge in [0.2, 0.25) is 5.88 Å². The molecule has 7 aromatic rings. The number of β-amino-alcohol motifs (C(OH)–C–C–N with tert-alkyl or cyclic N) is 1. The first-order valence-corrected chi connectivity index (χ1v) is 35.4. The molecular formula is C75H83ClF18N10O15. The average Bonchev–Trinajstić information content (AvgIpc) is 1.76. The van der Waals surface area contributed by atoms with Crippen molar-refractivity contribution in [1.82, 2.24) is 39.7 Å². The van der Waals surface area contributed by atoms with Crippen molar-refractivity contribution in [2.45, 2.75) is 200 Å². The number of nitrogens with one attached hydrogen (secondary N) is 1. The second-order valence-corrected chi connectivity index (χ2v) is 30.0. The van der Waals surface area contributed by atoms with Gasteiger partial charge in [0.15, 0.2) is 22.2 Å². The fourth-order valence-electron chi connectivity index (χ4n) is 10.8. The lowest BCUT2D eigenvalue weighted by atomic mass is 9.95. The molecule has 6 atom stereocenters. The van der Waals surface area contributed by atoms with Crippen LogP contribution in [0.4, 0.5) is 100.0 Å². The zero-order chi connectivity index (χ0) is 90.9. The van der Waals surface area contributed by atoms with E-state index >= 15 is 0 Å². The summed E-state index contributed by atoms with van der Waals surface area (Å²) >= 11 is 5.59. The van der Waals surface area contributed by atoms with Gasteiger partial charge in [-0.3, -0.25) is 14.6 Å². The van der Waals surface area contributed by atoms with Crippen molar-refractivity contribution in [2.75, 3.05) is 24.6 Å². The molecule has 9 rings (SSSR count). The number of aliphatic hydroxyl groups excluding tert-OH is 1. The Morgan fingerprint density at radius 2 is 0.824 bits per heavy atom. The Bertz CT molecular complexity index is 4850. The number of fused-ring (bicyclic) bond motifs is 3. The Morgan fingerprint density at radius 1 is 0.471 bits per heavy atom. The Morgan fingerprint density at radius 3 is 1.23 bits per heavy atom. The Hall–Kier alpha value is -11.0. The number of aromatic nitrogens is 6. The fraction of sp³-hybridized carbons (Fsp3) is 0.467. The number of benzene rings is 4. The van der Waals surface area contributed by atoms with E-state index in [0.717, 1.165) is 71.6 Å². The molecule has 44 heteroatoms. The lowest BCUT2D eigenvalue weighted by Crippen LogP contribution is -2.47. The molecule has 0 saturated carbocycles. The molecule has 5 heterocycles. The highest BCUT2D eigenvalue weighted by Crippen LogP contribution is 2.42. The number of anilines is 2. The minimum absolute atomic E-state index is 0.0505. The Labute approximate surface area is 671 Å². The highest BCUT2D eigenvalue weighted by molar-refractivity contribution is 6.30. The number of H-pyrrole nitrogens is 1. The predicted molar refractivity (Wildman–Crippen MR) is 394 cm³/mol. The van der Waals surface area contributed by atoms with Crippen LogP contribution in [0.3, 0.4) is 0 Å². The first kappa shape index (κ1) is 98.6. The van der Waals surface area contributed by atoms with Gasteiger partial charge in [-0.05, 0) is 163 Å². The number of halogens is 19. The average molecular weight is 1740 g/mol. The molecule has 0 aliphatic carbocycles. The van der Waals surface area contributed by atoms with E-state index in [1.807, 2.05) is 11.9 Å². The monoisotopic (exact) mass is 1740 g/mol. The van der Waals surface area contributed by atoms with E-state index in [4.69, 9.17) is 46.8 Å². The molecule has 2 fully saturated rings. The molecule has 0 radical (unpaired) electrons. The number of esters is 2. The molecule has 3 aromatic heterocycles. The van der Waals surface area contributed by atoms with Crippen molar-refractivity contribution in [3.63, 3.8) is 0 Å². The van der Waals surface area contributed by atoms with Crippen LogP contribution in [0.1, 0.15) is 127 Å². The number of hydrogen-bond donors (Lipinski definition) is 4. The van der Waals surface area contributed by atoms with E-state index in [0.29, 0.717) is 18.6 Å². The number of nitrogen functional groups attached to an aromatic ring is 2. The van der Waals surface area contributed by atoms with E-state index in [-0.39, 0.29) is 81.7 Å². The number of alkyl halides is 18. The first-order valence-electron chi connectivity index (χ1n) is 35.0. The molecule has 25 nitrogen and oxygen atoms in total. The fourth-order valence-corrected chi connectivity index (χ4v) is 11.1. The molecule has 4 aromatic carbocycles. The maximum Gasteiger partial charge on any atom is 0.573 e. The summed E-state index contributed by atoms with van der Waals surface area (Å²) in [6.07, 6.45) is -21.0. The first-order chi connectivity index (χ1) is 54.1. The minimum atomic E-state index is -5.00. The van der Waals surface area contributed by atoms with Crippen molar-refractivity contribution in [2.24, 2.45) is 11.8 Å². The van der Waals surface area contributed by atoms with Gasteiger partial charge in [-0.15, -0.1) is 52.7 Å². The number of carbonyl (C=O) groups is 4. The summed E-state index contributed by atoms with van der Waals surface area (Å²) in [6.45, 7) is 32.9. The summed E-state index contributed by atoms with van der Waals surface area (Å²) in [4.78, 5) is 85.9. The number of likely N-dealkylation sites (tertiary alicyclic amines) is 2. The van der Waals surface area contributed by atoms with Crippen LogP contribution in [0, 0.1) is 11.8 Å². The molecule has 119 heavy (non-hydrogen) atoms. The molecule has 2 saturated heterocycles. The highest BCUT2D eigenvalue weighted by atomic mass is 35.5. The van der Waals surface area contributed by atoms with Crippen molar-refractivity contribution in [3.05, 3.63) is 143 Å².